The van der Waals surface area contributed by atoms with Crippen LogP contribution < -0.4 is 5.32 Å². The van der Waals surface area contributed by atoms with Crippen LogP contribution in [0, 0.1) is 6.92 Å². The van der Waals surface area contributed by atoms with Crippen molar-refractivity contribution in [2.45, 2.75) is 38.3 Å². The minimum atomic E-state index is 0.563. The quantitative estimate of drug-likeness (QED) is 0.934. The highest BCUT2D eigenvalue weighted by molar-refractivity contribution is 5.45. The number of hydrogen-bond donors (Lipinski definition) is 1. The minimum absolute atomic E-state index is 0.563. The van der Waals surface area contributed by atoms with Gasteiger partial charge in [-0.25, -0.2) is 9.97 Å². The van der Waals surface area contributed by atoms with Crippen LogP contribution in [0.3, 0.4) is 0 Å². The summed E-state index contributed by atoms with van der Waals surface area (Å²) in [5.74, 6) is 1.88. The molecule has 2 fully saturated rings. The molecule has 2 aromatic rings. The second kappa shape index (κ2) is 5.15. The smallest absolute Gasteiger partial charge is 0.138 e. The Morgan fingerprint density at radius 2 is 2.10 bits per heavy atom. The molecule has 1 saturated heterocycles. The average molecular weight is 283 g/mol. The molecule has 5 nitrogen and oxygen atoms in total. The molecule has 2 aromatic heterocycles. The Balaban J connectivity index is 1.41. The molecule has 4 rings (SSSR count). The fourth-order valence-corrected chi connectivity index (χ4v) is 3.15. The summed E-state index contributed by atoms with van der Waals surface area (Å²) in [4.78, 5) is 11.4. The van der Waals surface area contributed by atoms with E-state index in [0.717, 1.165) is 23.4 Å². The Morgan fingerprint density at radius 3 is 2.76 bits per heavy atom. The third kappa shape index (κ3) is 2.65. The van der Waals surface area contributed by atoms with Gasteiger partial charge in [-0.15, -0.1) is 0 Å². The second-order valence-corrected chi connectivity index (χ2v) is 6.11. The number of aryl methyl sites for hydroxylation is 1. The molecule has 1 unspecified atom stereocenters. The van der Waals surface area contributed by atoms with Gasteiger partial charge in [0.2, 0.25) is 0 Å². The molecule has 21 heavy (non-hydrogen) atoms. The molecule has 1 aliphatic heterocycles. The number of hydrogen-bond acceptors (Lipinski definition) is 4. The van der Waals surface area contributed by atoms with Crippen molar-refractivity contribution in [2.75, 3.05) is 18.4 Å². The van der Waals surface area contributed by atoms with Gasteiger partial charge in [-0.05, 0) is 38.3 Å². The van der Waals surface area contributed by atoms with E-state index >= 15 is 0 Å². The van der Waals surface area contributed by atoms with Crippen LogP contribution in [0.4, 0.5) is 5.69 Å². The summed E-state index contributed by atoms with van der Waals surface area (Å²) in [6.07, 6.45) is 9.69. The third-order valence-corrected chi connectivity index (χ3v) is 4.47. The van der Waals surface area contributed by atoms with Crippen molar-refractivity contribution in [3.05, 3.63) is 36.5 Å². The molecule has 1 aliphatic carbocycles. The number of aromatic nitrogens is 3. The van der Waals surface area contributed by atoms with E-state index in [1.54, 1.807) is 6.20 Å². The van der Waals surface area contributed by atoms with Gasteiger partial charge < -0.3 is 5.32 Å². The highest BCUT2D eigenvalue weighted by Gasteiger charge is 2.34. The largest absolute Gasteiger partial charge is 0.380 e. The summed E-state index contributed by atoms with van der Waals surface area (Å²) in [7, 11) is 0. The van der Waals surface area contributed by atoms with Crippen LogP contribution >= 0.6 is 0 Å². The first kappa shape index (κ1) is 12.8. The van der Waals surface area contributed by atoms with Gasteiger partial charge in [0.15, 0.2) is 0 Å². The lowest BCUT2D eigenvalue weighted by atomic mass is 10.2. The summed E-state index contributed by atoms with van der Waals surface area (Å²) in [6.45, 7) is 4.40. The lowest BCUT2D eigenvalue weighted by molar-refractivity contribution is 0.326. The molecule has 1 atom stereocenters. The zero-order valence-corrected chi connectivity index (χ0v) is 12.4. The van der Waals surface area contributed by atoms with Gasteiger partial charge in [-0.3, -0.25) is 9.47 Å². The molecule has 110 valence electrons. The van der Waals surface area contributed by atoms with Gasteiger partial charge in [0.05, 0.1) is 11.9 Å². The van der Waals surface area contributed by atoms with Crippen LogP contribution in [0.1, 0.15) is 25.1 Å². The van der Waals surface area contributed by atoms with E-state index in [4.69, 9.17) is 0 Å². The fraction of sp³-hybridized carbons (Fsp3) is 0.500. The fourth-order valence-electron chi connectivity index (χ4n) is 3.15. The van der Waals surface area contributed by atoms with Crippen LogP contribution in [-0.2, 0) is 0 Å². The number of pyridine rings is 1. The highest BCUT2D eigenvalue weighted by Crippen LogP contribution is 2.30. The molecule has 5 heteroatoms. The SMILES string of the molecule is Cc1nccn1-c1ccc(NC2CCN(C3CC3)C2)cn1. The molecular weight excluding hydrogens is 262 g/mol. The van der Waals surface area contributed by atoms with E-state index in [9.17, 15) is 0 Å². The lowest BCUT2D eigenvalue weighted by Crippen LogP contribution is -2.27. The molecule has 1 saturated carbocycles. The van der Waals surface area contributed by atoms with Gasteiger partial charge in [-0.1, -0.05) is 0 Å². The Morgan fingerprint density at radius 1 is 1.19 bits per heavy atom. The summed E-state index contributed by atoms with van der Waals surface area (Å²) in [6, 6.07) is 5.60. The molecule has 1 N–H and O–H groups in total. The van der Waals surface area contributed by atoms with E-state index in [1.165, 1.54) is 32.4 Å². The van der Waals surface area contributed by atoms with Crippen LogP contribution in [0.25, 0.3) is 5.82 Å². The van der Waals surface area contributed by atoms with Crippen molar-refractivity contribution in [3.8, 4) is 5.82 Å². The average Bonchev–Trinajstić information content (AvgIpc) is 3.10. The second-order valence-electron chi connectivity index (χ2n) is 6.11. The van der Waals surface area contributed by atoms with Gasteiger partial charge in [0, 0.05) is 37.6 Å². The normalized spacial score (nSPS) is 22.6. The van der Waals surface area contributed by atoms with Crippen molar-refractivity contribution in [1.82, 2.24) is 19.4 Å². The van der Waals surface area contributed by atoms with E-state index in [1.807, 2.05) is 30.0 Å². The third-order valence-electron chi connectivity index (χ3n) is 4.47. The summed E-state index contributed by atoms with van der Waals surface area (Å²) in [5, 5.41) is 3.61. The van der Waals surface area contributed by atoms with Gasteiger partial charge in [-0.2, -0.15) is 0 Å². The zero-order chi connectivity index (χ0) is 14.2. The number of imidazole rings is 1. The molecular formula is C16H21N5. The highest BCUT2D eigenvalue weighted by atomic mass is 15.2. The van der Waals surface area contributed by atoms with Gasteiger partial charge >= 0.3 is 0 Å². The molecule has 0 bridgehead atoms. The van der Waals surface area contributed by atoms with Gasteiger partial charge in [0.1, 0.15) is 11.6 Å². The monoisotopic (exact) mass is 283 g/mol. The molecule has 2 aliphatic rings. The lowest BCUT2D eigenvalue weighted by Gasteiger charge is -2.16. The number of anilines is 1. The van der Waals surface area contributed by atoms with Crippen LogP contribution in [0.15, 0.2) is 30.7 Å². The van der Waals surface area contributed by atoms with Crippen molar-refractivity contribution in [3.63, 3.8) is 0 Å². The Bertz CT molecular complexity index is 614. The van der Waals surface area contributed by atoms with Crippen LogP contribution in [0.5, 0.6) is 0 Å². The van der Waals surface area contributed by atoms with E-state index in [0.29, 0.717) is 6.04 Å². The topological polar surface area (TPSA) is 46.0 Å². The number of rotatable bonds is 4. The first-order valence-corrected chi connectivity index (χ1v) is 7.76. The molecule has 3 heterocycles. The van der Waals surface area contributed by atoms with Crippen molar-refractivity contribution in [2.24, 2.45) is 0 Å². The molecule has 0 spiro atoms. The van der Waals surface area contributed by atoms with Crippen LogP contribution in [0.2, 0.25) is 0 Å². The van der Waals surface area contributed by atoms with Crippen LogP contribution in [-0.4, -0.2) is 44.6 Å². The first-order chi connectivity index (χ1) is 10.3. The summed E-state index contributed by atoms with van der Waals surface area (Å²) >= 11 is 0. The zero-order valence-electron chi connectivity index (χ0n) is 12.4. The van der Waals surface area contributed by atoms with E-state index < -0.39 is 0 Å². The van der Waals surface area contributed by atoms with Crippen molar-refractivity contribution < 1.29 is 0 Å². The Labute approximate surface area is 125 Å². The number of nitrogens with one attached hydrogen (secondary N) is 1. The Kier molecular flexibility index (Phi) is 3.15. The number of nitrogens with zero attached hydrogens (tertiary/aromatic N) is 4. The predicted molar refractivity (Wildman–Crippen MR) is 82.7 cm³/mol. The molecule has 0 radical (unpaired) electrons. The standard InChI is InChI=1S/C16H21N5/c1-12-17-7-9-21(12)16-5-2-13(10-18-16)19-14-6-8-20(11-14)15-3-4-15/h2,5,7,9-10,14-15,19H,3-4,6,8,11H2,1H3. The minimum Gasteiger partial charge on any atom is -0.380 e. The molecule has 0 aromatic carbocycles. The van der Waals surface area contributed by atoms with Crippen molar-refractivity contribution in [1.29, 1.82) is 0 Å². The van der Waals surface area contributed by atoms with Gasteiger partial charge in [0.25, 0.3) is 0 Å². The van der Waals surface area contributed by atoms with E-state index in [2.05, 4.69) is 26.3 Å². The van der Waals surface area contributed by atoms with E-state index in [-0.39, 0.29) is 0 Å². The molecule has 0 amide bonds. The summed E-state index contributed by atoms with van der Waals surface area (Å²) < 4.78 is 1.99. The maximum Gasteiger partial charge on any atom is 0.138 e. The maximum atomic E-state index is 4.54. The predicted octanol–water partition coefficient (Wildman–Crippen LogP) is 2.22. The van der Waals surface area contributed by atoms with Crippen molar-refractivity contribution >= 4 is 5.69 Å². The maximum absolute atomic E-state index is 4.54. The first-order valence-electron chi connectivity index (χ1n) is 7.76. The Hall–Kier alpha value is -1.88. The summed E-state index contributed by atoms with van der Waals surface area (Å²) in [5.41, 5.74) is 1.11. The number of likely N-dealkylation sites (tertiary alicyclic amines) is 1.